The fraction of sp³-hybridized carbons (Fsp3) is 0.0263. The number of hydrogen-bond acceptors (Lipinski definition) is 3. The Bertz CT molecular complexity index is 2640. The second-order valence-corrected chi connectivity index (χ2v) is 13.9. The van der Waals surface area contributed by atoms with Crippen LogP contribution in [-0.4, -0.2) is 16.4 Å². The summed E-state index contributed by atoms with van der Waals surface area (Å²) in [6.45, 7) is 0.546. The van der Waals surface area contributed by atoms with Crippen LogP contribution in [0.4, 0.5) is 87.8 Å². The van der Waals surface area contributed by atoms with Crippen LogP contribution < -0.4 is 26.4 Å². The maximum absolute atomic E-state index is 15.4. The third-order valence-electron chi connectivity index (χ3n) is 9.57. The summed E-state index contributed by atoms with van der Waals surface area (Å²) in [5.74, 6) is -71.2. The molecule has 0 atom stereocenters. The summed E-state index contributed by atoms with van der Waals surface area (Å²) >= 11 is 1.27. The fourth-order valence-electron chi connectivity index (χ4n) is 6.90. The van der Waals surface area contributed by atoms with Crippen LogP contribution in [0.5, 0.6) is 10.9 Å². The zero-order valence-corrected chi connectivity index (χ0v) is 30.5. The molecule has 0 saturated heterocycles. The first-order valence-corrected chi connectivity index (χ1v) is 17.4. The van der Waals surface area contributed by atoms with Crippen molar-refractivity contribution in [1.82, 2.24) is 0 Å². The van der Waals surface area contributed by atoms with Gasteiger partial charge in [0, 0.05) is 5.56 Å². The maximum atomic E-state index is 15.4. The molecule has 0 fully saturated rings. The number of nitrogens with zero attached hydrogens (tertiary/aromatic N) is 1. The number of hydrogen-bond donors (Lipinski definition) is 2. The van der Waals surface area contributed by atoms with Crippen molar-refractivity contribution in [2.75, 3.05) is 0 Å². The zero-order valence-electron chi connectivity index (χ0n) is 29.7. The lowest BCUT2D eigenvalue weighted by atomic mass is 9.12. The number of aromatic hydroxyl groups is 2. The SMILES string of the molecule is Fc1c(F)c(F)c([B-](c2c(F)c(F)c(F)c(F)c2F)(c2c(F)c(F)c(F)c(F)c2F)c2c(F)c(F)c(F)c(F)c2F)c(F)c1F.Oc1cccc2sc(O)[n+](Cc3ccccc3)c12. The average Bonchev–Trinajstić information content (AvgIpc) is 3.58. The van der Waals surface area contributed by atoms with E-state index in [0.717, 1.165) is 10.3 Å². The Morgan fingerprint density at radius 1 is 0.365 bits per heavy atom. The number of benzene rings is 6. The highest BCUT2D eigenvalue weighted by Gasteiger charge is 2.52. The van der Waals surface area contributed by atoms with Crippen LogP contribution >= 0.6 is 11.3 Å². The number of phenols is 1. The Kier molecular flexibility index (Phi) is 12.1. The van der Waals surface area contributed by atoms with Crippen LogP contribution in [0, 0.1) is 116 Å². The molecule has 2 N–H and O–H groups in total. The number of aromatic nitrogens is 1. The minimum absolute atomic E-state index is 0.194. The fourth-order valence-corrected chi connectivity index (χ4v) is 7.82. The maximum Gasteiger partial charge on any atom is 0.429 e. The van der Waals surface area contributed by atoms with E-state index in [1.54, 1.807) is 16.7 Å². The van der Waals surface area contributed by atoms with Crippen LogP contribution in [-0.2, 0) is 6.54 Å². The molecule has 7 aromatic rings. The molecule has 0 amide bonds. The summed E-state index contributed by atoms with van der Waals surface area (Å²) in [6.07, 6.45) is -7.22. The summed E-state index contributed by atoms with van der Waals surface area (Å²) in [5.41, 5.74) is -12.6. The predicted molar refractivity (Wildman–Crippen MR) is 180 cm³/mol. The lowest BCUT2D eigenvalue weighted by Gasteiger charge is -2.44. The molecule has 63 heavy (non-hydrogen) atoms. The molecule has 0 aliphatic heterocycles. The number of halogens is 20. The Hall–Kier alpha value is -6.53. The van der Waals surface area contributed by atoms with Crippen molar-refractivity contribution in [3.63, 3.8) is 0 Å². The van der Waals surface area contributed by atoms with Gasteiger partial charge in [-0.2, -0.15) is 0 Å². The molecule has 1 heterocycles. The highest BCUT2D eigenvalue weighted by Crippen LogP contribution is 2.32. The van der Waals surface area contributed by atoms with E-state index in [4.69, 9.17) is 0 Å². The molecule has 0 saturated carbocycles. The molecule has 7 rings (SSSR count). The second kappa shape index (κ2) is 16.6. The van der Waals surface area contributed by atoms with E-state index in [9.17, 15) is 62.9 Å². The highest BCUT2D eigenvalue weighted by molar-refractivity contribution is 7.20. The van der Waals surface area contributed by atoms with Gasteiger partial charge in [-0.1, -0.05) is 36.4 Å². The van der Waals surface area contributed by atoms with Gasteiger partial charge in [-0.05, 0) is 23.5 Å². The van der Waals surface area contributed by atoms with Gasteiger partial charge in [-0.25, -0.2) is 87.8 Å². The van der Waals surface area contributed by atoms with Crippen molar-refractivity contribution < 1.29 is 103 Å². The summed E-state index contributed by atoms with van der Waals surface area (Å²) < 4.78 is 297. The van der Waals surface area contributed by atoms with Gasteiger partial charge >= 0.3 is 5.19 Å². The van der Waals surface area contributed by atoms with Crippen LogP contribution in [0.3, 0.4) is 0 Å². The largest absolute Gasteiger partial charge is 0.502 e. The Balaban J connectivity index is 0.000000302. The first-order chi connectivity index (χ1) is 29.5. The predicted octanol–water partition coefficient (Wildman–Crippen LogP) is 8.49. The van der Waals surface area contributed by atoms with Crippen molar-refractivity contribution in [3.05, 3.63) is 170 Å². The topological polar surface area (TPSA) is 44.3 Å². The average molecular weight is 937 g/mol. The molecule has 1 aromatic heterocycles. The van der Waals surface area contributed by atoms with Crippen molar-refractivity contribution in [2.24, 2.45) is 0 Å². The minimum Gasteiger partial charge on any atom is -0.502 e. The molecule has 0 aliphatic rings. The van der Waals surface area contributed by atoms with Gasteiger partial charge in [0.15, 0.2) is 82.1 Å². The lowest BCUT2D eigenvalue weighted by Crippen LogP contribution is -2.81. The quantitative estimate of drug-likeness (QED) is 0.0579. The van der Waals surface area contributed by atoms with Gasteiger partial charge in [0.2, 0.25) is 0 Å². The lowest BCUT2D eigenvalue weighted by molar-refractivity contribution is -0.664. The van der Waals surface area contributed by atoms with Crippen molar-refractivity contribution >= 4 is 49.6 Å². The van der Waals surface area contributed by atoms with Crippen LogP contribution in [0.15, 0.2) is 48.5 Å². The highest BCUT2D eigenvalue weighted by atomic mass is 32.1. The number of rotatable bonds is 6. The van der Waals surface area contributed by atoms with Gasteiger partial charge in [-0.3, -0.25) is 0 Å². The third-order valence-corrected chi connectivity index (χ3v) is 10.5. The molecule has 0 radical (unpaired) electrons. The van der Waals surface area contributed by atoms with Crippen LogP contribution in [0.2, 0.25) is 0 Å². The summed E-state index contributed by atoms with van der Waals surface area (Å²) in [5, 5.41) is 20.1. The standard InChI is InChI=1S/C24BF20.C14H11NO2S/c26-5-1(6(27)14(35)21(42)13(5)34)25(2-7(28)15(36)22(43)16(37)8(2)29,3-9(30)17(38)23(44)18(39)10(3)31)4-11(32)19(40)24(45)20(41)12(4)33;16-11-7-4-8-12-13(11)15(14(17)18-12)9-10-5-2-1-3-6-10/h;1-8,16H,9H2/q-1;/p+1. The van der Waals surface area contributed by atoms with Crippen molar-refractivity contribution in [3.8, 4) is 10.9 Å². The molecule has 330 valence electrons. The summed E-state index contributed by atoms with van der Waals surface area (Å²) in [4.78, 5) is 0. The molecule has 25 heteroatoms. The first-order valence-electron chi connectivity index (χ1n) is 16.6. The summed E-state index contributed by atoms with van der Waals surface area (Å²) in [7, 11) is 0. The van der Waals surface area contributed by atoms with Gasteiger partial charge in [0.05, 0.1) is 0 Å². The minimum atomic E-state index is -7.22. The van der Waals surface area contributed by atoms with E-state index in [-0.39, 0.29) is 10.9 Å². The normalized spacial score (nSPS) is 11.7. The number of fused-ring (bicyclic) bond motifs is 1. The smallest absolute Gasteiger partial charge is 0.429 e. The Morgan fingerprint density at radius 2 is 0.651 bits per heavy atom. The molecule has 0 spiro atoms. The zero-order chi connectivity index (χ0) is 46.9. The number of phenolic OH excluding ortho intramolecular Hbond substituents is 1. The van der Waals surface area contributed by atoms with E-state index >= 15 is 35.1 Å². The number of thiazole rings is 1. The van der Waals surface area contributed by atoms with Crippen LogP contribution in [0.1, 0.15) is 5.56 Å². The Labute approximate surface area is 339 Å². The van der Waals surface area contributed by atoms with E-state index in [0.29, 0.717) is 12.1 Å². The first kappa shape index (κ1) is 46.0. The van der Waals surface area contributed by atoms with E-state index < -0.39 is 144 Å². The monoisotopic (exact) mass is 937 g/mol. The molecular weight excluding hydrogens is 925 g/mol. The van der Waals surface area contributed by atoms with Gasteiger partial charge in [0.25, 0.3) is 5.52 Å². The van der Waals surface area contributed by atoms with Crippen LogP contribution in [0.25, 0.3) is 10.2 Å². The number of para-hydroxylation sites is 1. The molecule has 0 bridgehead atoms. The van der Waals surface area contributed by atoms with Gasteiger partial charge in [0.1, 0.15) is 57.4 Å². The van der Waals surface area contributed by atoms with Crippen molar-refractivity contribution in [1.29, 1.82) is 0 Å². The van der Waals surface area contributed by atoms with E-state index in [1.165, 1.54) is 11.3 Å². The molecule has 6 aromatic carbocycles. The van der Waals surface area contributed by atoms with Crippen molar-refractivity contribution in [2.45, 2.75) is 6.54 Å². The molecule has 0 aliphatic carbocycles. The van der Waals surface area contributed by atoms with E-state index in [2.05, 4.69) is 0 Å². The van der Waals surface area contributed by atoms with Gasteiger partial charge < -0.3 is 10.2 Å². The van der Waals surface area contributed by atoms with Gasteiger partial charge in [-0.15, -0.1) is 26.4 Å². The molecule has 3 nitrogen and oxygen atoms in total. The second-order valence-electron chi connectivity index (χ2n) is 12.9. The molecule has 0 unspecified atom stereocenters. The molecular formula is C38H12BF20NO2S. The van der Waals surface area contributed by atoms with E-state index in [1.807, 2.05) is 36.4 Å². The third kappa shape index (κ3) is 6.91. The Morgan fingerprint density at radius 3 is 0.952 bits per heavy atom. The summed E-state index contributed by atoms with van der Waals surface area (Å²) in [6, 6.07) is 15.2.